The predicted molar refractivity (Wildman–Crippen MR) is 36.5 cm³/mol. The summed E-state index contributed by atoms with van der Waals surface area (Å²) in [6, 6.07) is 0. The molecule has 0 spiro atoms. The smallest absolute Gasteiger partial charge is 0 e. The summed E-state index contributed by atoms with van der Waals surface area (Å²) in [5.41, 5.74) is 0. The van der Waals surface area contributed by atoms with E-state index < -0.39 is 0 Å². The molecule has 0 aliphatic heterocycles. The molecular formula is C5H17OSn-. The van der Waals surface area contributed by atoms with Crippen molar-refractivity contribution in [2.24, 2.45) is 0 Å². The summed E-state index contributed by atoms with van der Waals surface area (Å²) in [6.45, 7) is 1.57. The van der Waals surface area contributed by atoms with Crippen molar-refractivity contribution in [2.45, 2.75) is 29.2 Å². The van der Waals surface area contributed by atoms with Crippen LogP contribution in [0.15, 0.2) is 0 Å². The second-order valence-electron chi connectivity index (χ2n) is 0.289. The Kier molecular flexibility index (Phi) is 482. The van der Waals surface area contributed by atoms with Gasteiger partial charge in [0, 0.05) is 23.9 Å². The van der Waals surface area contributed by atoms with Crippen LogP contribution in [-0.2, 0) is 0 Å². The third kappa shape index (κ3) is 266. The van der Waals surface area contributed by atoms with E-state index in [0.29, 0.717) is 0 Å². The van der Waals surface area contributed by atoms with Crippen LogP contribution in [0.4, 0.5) is 0 Å². The molecule has 0 rings (SSSR count). The largest absolute Gasteiger partial charge is 0.855 e. The molecule has 0 saturated carbocycles. The molecule has 0 aromatic carbocycles. The second kappa shape index (κ2) is 72.5. The molecule has 0 heterocycles. The van der Waals surface area contributed by atoms with Crippen molar-refractivity contribution < 1.29 is 5.11 Å². The quantitative estimate of drug-likeness (QED) is 0.547. The van der Waals surface area contributed by atoms with Crippen LogP contribution in [0.1, 0.15) is 29.2 Å². The van der Waals surface area contributed by atoms with E-state index in [-0.39, 0.29) is 52.8 Å². The average molecular weight is 212 g/mol. The van der Waals surface area contributed by atoms with Crippen LogP contribution >= 0.6 is 0 Å². The molecule has 0 unspecified atom stereocenters. The zero-order chi connectivity index (χ0) is 2.71. The number of rotatable bonds is 0. The van der Waals surface area contributed by atoms with Gasteiger partial charge in [0.15, 0.2) is 0 Å². The fraction of sp³-hybridized carbons (Fsp3) is 1.00. The van der Waals surface area contributed by atoms with E-state index in [1.165, 1.54) is 0 Å². The molecular weight excluding hydrogens is 195 g/mol. The Morgan fingerprint density at radius 1 is 1.14 bits per heavy atom. The number of hydrogen-bond acceptors (Lipinski definition) is 1. The van der Waals surface area contributed by atoms with Crippen LogP contribution in [-0.4, -0.2) is 30.5 Å². The maximum Gasteiger partial charge on any atom is 0 e. The van der Waals surface area contributed by atoms with Gasteiger partial charge in [0.05, 0.1) is 0 Å². The molecule has 0 bridgehead atoms. The zero-order valence-corrected chi connectivity index (χ0v) is 5.47. The van der Waals surface area contributed by atoms with Gasteiger partial charge in [0.1, 0.15) is 0 Å². The Hall–Kier alpha value is 0.759. The van der Waals surface area contributed by atoms with Gasteiger partial charge in [-0.25, -0.2) is 0 Å². The minimum atomic E-state index is 0. The monoisotopic (exact) mass is 213 g/mol. The van der Waals surface area contributed by atoms with Crippen LogP contribution in [0.25, 0.3) is 0 Å². The van der Waals surface area contributed by atoms with E-state index >= 15 is 0 Å². The number of hydrogen-bond donors (Lipinski definition) is 0. The molecule has 0 aliphatic carbocycles. The molecule has 0 amide bonds. The standard InChI is InChI=1S/C2H5O.3CH4.Sn/c1-2-3;;;;/h2H2,1H3;3*1H4;/q-1;;;;. The first-order valence-corrected chi connectivity index (χ1v) is 0.996. The summed E-state index contributed by atoms with van der Waals surface area (Å²) in [4.78, 5) is 0. The summed E-state index contributed by atoms with van der Waals surface area (Å²) in [5, 5.41) is 8.93. The normalized spacial score (nSPS) is 2.57. The molecule has 48 valence electrons. The Morgan fingerprint density at radius 3 is 1.14 bits per heavy atom. The van der Waals surface area contributed by atoms with Gasteiger partial charge in [0.25, 0.3) is 0 Å². The summed E-state index contributed by atoms with van der Waals surface area (Å²) in [5.74, 6) is 0. The molecule has 0 aromatic heterocycles. The van der Waals surface area contributed by atoms with Crippen molar-refractivity contribution in [2.75, 3.05) is 6.61 Å². The Morgan fingerprint density at radius 2 is 1.14 bits per heavy atom. The minimum Gasteiger partial charge on any atom is -0.855 e. The average Bonchev–Trinajstić information content (AvgIpc) is 0.918. The van der Waals surface area contributed by atoms with Crippen LogP contribution in [0.5, 0.6) is 0 Å². The van der Waals surface area contributed by atoms with Crippen molar-refractivity contribution in [3.05, 3.63) is 0 Å². The molecule has 0 aromatic rings. The van der Waals surface area contributed by atoms with Gasteiger partial charge in [-0.15, -0.1) is 6.61 Å². The van der Waals surface area contributed by atoms with Gasteiger partial charge in [-0.3, -0.25) is 0 Å². The third-order valence-electron chi connectivity index (χ3n) is 0. The van der Waals surface area contributed by atoms with Gasteiger partial charge < -0.3 is 5.11 Å². The van der Waals surface area contributed by atoms with Crippen LogP contribution in [0.3, 0.4) is 0 Å². The summed E-state index contributed by atoms with van der Waals surface area (Å²) in [7, 11) is 0. The molecule has 0 fully saturated rings. The van der Waals surface area contributed by atoms with Gasteiger partial charge in [0.2, 0.25) is 0 Å². The summed E-state index contributed by atoms with van der Waals surface area (Å²) < 4.78 is 0. The van der Waals surface area contributed by atoms with Gasteiger partial charge in [-0.1, -0.05) is 29.2 Å². The molecule has 0 N–H and O–H groups in total. The second-order valence-corrected chi connectivity index (χ2v) is 0.289. The molecule has 2 heteroatoms. The van der Waals surface area contributed by atoms with Crippen molar-refractivity contribution >= 4 is 23.9 Å². The first-order chi connectivity index (χ1) is 1.41. The summed E-state index contributed by atoms with van der Waals surface area (Å²) in [6.07, 6.45) is 0. The van der Waals surface area contributed by atoms with Crippen LogP contribution < -0.4 is 5.11 Å². The van der Waals surface area contributed by atoms with Gasteiger partial charge >= 0.3 is 0 Å². The molecule has 0 atom stereocenters. The van der Waals surface area contributed by atoms with Gasteiger partial charge in [-0.2, -0.15) is 0 Å². The Balaban J connectivity index is -0.00000000333. The van der Waals surface area contributed by atoms with Crippen molar-refractivity contribution in [3.8, 4) is 0 Å². The maximum absolute atomic E-state index is 8.93. The first kappa shape index (κ1) is 46.6. The van der Waals surface area contributed by atoms with Crippen molar-refractivity contribution in [1.82, 2.24) is 0 Å². The maximum atomic E-state index is 8.93. The van der Waals surface area contributed by atoms with E-state index in [2.05, 4.69) is 0 Å². The molecule has 7 heavy (non-hydrogen) atoms. The van der Waals surface area contributed by atoms with E-state index in [9.17, 15) is 0 Å². The SMILES string of the molecule is C.C.C.CC[O-].[Sn]. The first-order valence-electron chi connectivity index (χ1n) is 0.996. The molecule has 4 radical (unpaired) electrons. The van der Waals surface area contributed by atoms with Crippen molar-refractivity contribution in [3.63, 3.8) is 0 Å². The summed E-state index contributed by atoms with van der Waals surface area (Å²) >= 11 is 0. The fourth-order valence-electron chi connectivity index (χ4n) is 0. The minimum absolute atomic E-state index is 0. The molecule has 1 nitrogen and oxygen atoms in total. The van der Waals surface area contributed by atoms with E-state index in [0.717, 1.165) is 0 Å². The predicted octanol–water partition coefficient (Wildman–Crippen LogP) is 0.894. The Bertz CT molecular complexity index is 8.04. The van der Waals surface area contributed by atoms with Crippen LogP contribution in [0, 0.1) is 0 Å². The van der Waals surface area contributed by atoms with Crippen LogP contribution in [0.2, 0.25) is 0 Å². The fourth-order valence-corrected chi connectivity index (χ4v) is 0. The Labute approximate surface area is 65.1 Å². The van der Waals surface area contributed by atoms with E-state index in [1.807, 2.05) is 0 Å². The third-order valence-corrected chi connectivity index (χ3v) is 0. The zero-order valence-electron chi connectivity index (χ0n) is 2.62. The molecule has 0 aliphatic rings. The molecule has 0 saturated heterocycles. The van der Waals surface area contributed by atoms with Gasteiger partial charge in [-0.05, 0) is 0 Å². The topological polar surface area (TPSA) is 23.1 Å². The van der Waals surface area contributed by atoms with E-state index in [1.54, 1.807) is 6.92 Å². The van der Waals surface area contributed by atoms with E-state index in [4.69, 9.17) is 5.11 Å². The van der Waals surface area contributed by atoms with Crippen molar-refractivity contribution in [1.29, 1.82) is 0 Å².